The second-order valence-electron chi connectivity index (χ2n) is 5.75. The largest absolute Gasteiger partial charge is 0.772 e. The van der Waals surface area contributed by atoms with E-state index in [-0.39, 0.29) is 0 Å². The fourth-order valence-corrected chi connectivity index (χ4v) is 4.16. The fourth-order valence-electron chi connectivity index (χ4n) is 2.83. The van der Waals surface area contributed by atoms with Crippen LogP contribution in [0.5, 0.6) is 0 Å². The van der Waals surface area contributed by atoms with Gasteiger partial charge in [-0.3, -0.25) is 4.21 Å². The Labute approximate surface area is 158 Å². The topological polar surface area (TPSA) is 68.8 Å². The number of rotatable bonds is 6. The molecule has 2 unspecified atom stereocenters. The lowest BCUT2D eigenvalue weighted by Crippen LogP contribution is -2.09. The van der Waals surface area contributed by atoms with Gasteiger partial charge in [0.15, 0.2) is 0 Å². The number of hydrogen-bond donors (Lipinski definition) is 1. The van der Waals surface area contributed by atoms with Gasteiger partial charge in [-0.2, -0.15) is 0 Å². The Balaban J connectivity index is 2.06. The van der Waals surface area contributed by atoms with Crippen molar-refractivity contribution in [2.75, 3.05) is 5.88 Å². The molecule has 25 heavy (non-hydrogen) atoms. The molecule has 1 N–H and O–H groups in total. The summed E-state index contributed by atoms with van der Waals surface area (Å²) < 4.78 is 23.9. The highest BCUT2D eigenvalue weighted by atomic mass is 35.5. The normalized spacial score (nSPS) is 13.9. The van der Waals surface area contributed by atoms with E-state index in [1.165, 1.54) is 0 Å². The quantitative estimate of drug-likeness (QED) is 0.492. The lowest BCUT2D eigenvalue weighted by atomic mass is 10.0. The fraction of sp³-hybridized carbons (Fsp3) is 0.278. The Morgan fingerprint density at radius 1 is 1.28 bits per heavy atom. The first-order valence-electron chi connectivity index (χ1n) is 7.94. The van der Waals surface area contributed by atoms with Gasteiger partial charge in [0.05, 0.1) is 16.3 Å². The number of aromatic amines is 1. The van der Waals surface area contributed by atoms with E-state index in [2.05, 4.69) is 9.97 Å². The van der Waals surface area contributed by atoms with Gasteiger partial charge in [0.1, 0.15) is 5.82 Å². The van der Waals surface area contributed by atoms with Crippen LogP contribution in [0.25, 0.3) is 11.0 Å². The molecule has 0 aliphatic heterocycles. The molecule has 0 radical (unpaired) electrons. The summed E-state index contributed by atoms with van der Waals surface area (Å²) in [6.07, 6.45) is 1.51. The molecule has 2 aromatic carbocycles. The number of aryl methyl sites for hydroxylation is 2. The van der Waals surface area contributed by atoms with Crippen LogP contribution in [0.2, 0.25) is 5.02 Å². The third-order valence-corrected chi connectivity index (χ3v) is 5.55. The number of benzene rings is 2. The maximum absolute atomic E-state index is 12.0. The zero-order valence-electron chi connectivity index (χ0n) is 13.6. The van der Waals surface area contributed by atoms with Crippen LogP contribution >= 0.6 is 23.2 Å². The second-order valence-corrected chi connectivity index (χ2v) is 7.53. The number of aromatic nitrogens is 2. The van der Waals surface area contributed by atoms with E-state index in [9.17, 15) is 8.76 Å². The molecule has 2 atom stereocenters. The highest BCUT2D eigenvalue weighted by Crippen LogP contribution is 2.35. The summed E-state index contributed by atoms with van der Waals surface area (Å²) in [7, 11) is 0. The molecular weight excluding hydrogens is 379 g/mol. The van der Waals surface area contributed by atoms with Crippen LogP contribution < -0.4 is 0 Å². The molecule has 0 aliphatic carbocycles. The summed E-state index contributed by atoms with van der Waals surface area (Å²) in [6, 6.07) is 10.9. The second kappa shape index (κ2) is 7.87. The SMILES string of the molecule is CCc1nc2cc(Cl)c(C(c3ccc(CCCl)cc3)S(=O)[O-])cc2[nH]1. The summed E-state index contributed by atoms with van der Waals surface area (Å²) in [4.78, 5) is 7.63. The van der Waals surface area contributed by atoms with Crippen molar-refractivity contribution in [1.29, 1.82) is 0 Å². The lowest BCUT2D eigenvalue weighted by Gasteiger charge is -2.22. The first-order chi connectivity index (χ1) is 12.0. The minimum Gasteiger partial charge on any atom is -0.772 e. The predicted octanol–water partition coefficient (Wildman–Crippen LogP) is 4.53. The summed E-state index contributed by atoms with van der Waals surface area (Å²) in [5.41, 5.74) is 3.79. The smallest absolute Gasteiger partial charge is 0.106 e. The van der Waals surface area contributed by atoms with Gasteiger partial charge in [-0.05, 0) is 46.3 Å². The number of hydrogen-bond acceptors (Lipinski definition) is 3. The van der Waals surface area contributed by atoms with Crippen LogP contribution in [0.4, 0.5) is 0 Å². The third-order valence-electron chi connectivity index (χ3n) is 4.12. The molecule has 3 rings (SSSR count). The van der Waals surface area contributed by atoms with Crippen LogP contribution in [-0.2, 0) is 23.9 Å². The van der Waals surface area contributed by atoms with Crippen molar-refractivity contribution < 1.29 is 8.76 Å². The number of H-pyrrole nitrogens is 1. The minimum absolute atomic E-state index is 0.390. The van der Waals surface area contributed by atoms with E-state index in [0.717, 1.165) is 35.3 Å². The molecule has 3 aromatic rings. The van der Waals surface area contributed by atoms with Gasteiger partial charge >= 0.3 is 0 Å². The van der Waals surface area contributed by atoms with Crippen molar-refractivity contribution >= 4 is 45.3 Å². The van der Waals surface area contributed by atoms with Crippen molar-refractivity contribution in [2.45, 2.75) is 25.0 Å². The van der Waals surface area contributed by atoms with Gasteiger partial charge < -0.3 is 9.54 Å². The van der Waals surface area contributed by atoms with Crippen molar-refractivity contribution in [3.05, 3.63) is 63.9 Å². The van der Waals surface area contributed by atoms with Gasteiger partial charge in [-0.1, -0.05) is 42.8 Å². The number of nitrogens with zero attached hydrogens (tertiary/aromatic N) is 1. The van der Waals surface area contributed by atoms with E-state index in [1.54, 1.807) is 12.1 Å². The van der Waals surface area contributed by atoms with Crippen LogP contribution in [-0.4, -0.2) is 24.6 Å². The Morgan fingerprint density at radius 2 is 2.00 bits per heavy atom. The van der Waals surface area contributed by atoms with Gasteiger partial charge in [0.2, 0.25) is 0 Å². The molecule has 0 amide bonds. The van der Waals surface area contributed by atoms with Crippen molar-refractivity contribution in [2.24, 2.45) is 0 Å². The number of imidazole rings is 1. The number of alkyl halides is 1. The van der Waals surface area contributed by atoms with Crippen LogP contribution in [0.3, 0.4) is 0 Å². The Kier molecular flexibility index (Phi) is 5.79. The van der Waals surface area contributed by atoms with Crippen molar-refractivity contribution in [3.63, 3.8) is 0 Å². The molecule has 7 heteroatoms. The Morgan fingerprint density at radius 3 is 2.60 bits per heavy atom. The summed E-state index contributed by atoms with van der Waals surface area (Å²) in [5.74, 6) is 1.37. The average Bonchev–Trinajstić information content (AvgIpc) is 2.98. The standard InChI is InChI=1S/C18H18Cl2N2O2S/c1-2-17-21-15-9-13(14(20)10-16(15)22-17)18(25(23)24)12-5-3-11(4-6-12)7-8-19/h3-6,9-10,18H,2,7-8H2,1H3,(H,21,22)(H,23,24)/p-1. The van der Waals surface area contributed by atoms with E-state index >= 15 is 0 Å². The average molecular weight is 396 g/mol. The maximum Gasteiger partial charge on any atom is 0.106 e. The summed E-state index contributed by atoms with van der Waals surface area (Å²) >= 11 is 9.77. The van der Waals surface area contributed by atoms with E-state index in [4.69, 9.17) is 23.2 Å². The molecule has 0 saturated carbocycles. The Hall–Kier alpha value is -1.40. The number of halogens is 2. The lowest BCUT2D eigenvalue weighted by molar-refractivity contribution is 0.530. The summed E-state index contributed by atoms with van der Waals surface area (Å²) in [5, 5.41) is -0.448. The third kappa shape index (κ3) is 3.90. The molecule has 0 saturated heterocycles. The van der Waals surface area contributed by atoms with Crippen LogP contribution in [0.1, 0.15) is 34.7 Å². The van der Waals surface area contributed by atoms with Gasteiger partial charge in [0, 0.05) is 17.3 Å². The van der Waals surface area contributed by atoms with E-state index in [0.29, 0.717) is 22.0 Å². The van der Waals surface area contributed by atoms with E-state index in [1.807, 2.05) is 31.2 Å². The van der Waals surface area contributed by atoms with Crippen LogP contribution in [0, 0.1) is 0 Å². The Bertz CT molecular complexity index is 909. The molecule has 0 aliphatic rings. The first-order valence-corrected chi connectivity index (χ1v) is 9.99. The molecule has 132 valence electrons. The number of nitrogens with one attached hydrogen (secondary N) is 1. The van der Waals surface area contributed by atoms with Gasteiger partial charge in [-0.15, -0.1) is 11.6 Å². The zero-order chi connectivity index (χ0) is 18.0. The van der Waals surface area contributed by atoms with Crippen LogP contribution in [0.15, 0.2) is 36.4 Å². The summed E-state index contributed by atoms with van der Waals surface area (Å²) in [6.45, 7) is 2.00. The van der Waals surface area contributed by atoms with Crippen molar-refractivity contribution in [1.82, 2.24) is 9.97 Å². The minimum atomic E-state index is -2.36. The van der Waals surface area contributed by atoms with Gasteiger partial charge in [0.25, 0.3) is 0 Å². The molecule has 0 spiro atoms. The van der Waals surface area contributed by atoms with Gasteiger partial charge in [-0.25, -0.2) is 4.98 Å². The molecule has 4 nitrogen and oxygen atoms in total. The number of fused-ring (bicyclic) bond motifs is 1. The molecule has 0 bridgehead atoms. The van der Waals surface area contributed by atoms with E-state index < -0.39 is 16.3 Å². The monoisotopic (exact) mass is 395 g/mol. The highest BCUT2D eigenvalue weighted by molar-refractivity contribution is 7.79. The zero-order valence-corrected chi connectivity index (χ0v) is 15.9. The first kappa shape index (κ1) is 18.4. The predicted molar refractivity (Wildman–Crippen MR) is 102 cm³/mol. The molecule has 0 fully saturated rings. The maximum atomic E-state index is 12.0. The van der Waals surface area contributed by atoms with Crippen molar-refractivity contribution in [3.8, 4) is 0 Å². The highest BCUT2D eigenvalue weighted by Gasteiger charge is 2.20. The molecule has 1 aromatic heterocycles. The molecular formula is C18H17Cl2N2O2S-. The molecule has 1 heterocycles.